The highest BCUT2D eigenvalue weighted by Crippen LogP contribution is 2.17. The quantitative estimate of drug-likeness (QED) is 0.786. The number of hydrogen-bond acceptors (Lipinski definition) is 6. The van der Waals surface area contributed by atoms with Gasteiger partial charge in [0.05, 0.1) is 6.61 Å². The Hall–Kier alpha value is -2.34. The minimum absolute atomic E-state index is 0.231. The third-order valence-corrected chi connectivity index (χ3v) is 4.11. The molecule has 2 aromatic rings. The summed E-state index contributed by atoms with van der Waals surface area (Å²) in [6.07, 6.45) is 1.37. The van der Waals surface area contributed by atoms with E-state index in [1.54, 1.807) is 6.92 Å². The lowest BCUT2D eigenvalue weighted by molar-refractivity contribution is 0.0519. The van der Waals surface area contributed by atoms with E-state index in [9.17, 15) is 4.79 Å². The largest absolute Gasteiger partial charge is 0.461 e. The van der Waals surface area contributed by atoms with Crippen molar-refractivity contribution in [3.05, 3.63) is 47.3 Å². The Kier molecular flexibility index (Phi) is 5.15. The highest BCUT2D eigenvalue weighted by molar-refractivity contribution is 5.87. The normalized spacial score (nSPS) is 15.5. The second kappa shape index (κ2) is 7.49. The number of hydrogen-bond donors (Lipinski definition) is 0. The molecule has 0 aliphatic carbocycles. The lowest BCUT2D eigenvalue weighted by Crippen LogP contribution is -2.46. The highest BCUT2D eigenvalue weighted by atomic mass is 16.5. The van der Waals surface area contributed by atoms with Crippen LogP contribution >= 0.6 is 0 Å². The SMILES string of the molecule is CCOC(=O)c1coc(N2CCN(Cc3cccc(C)c3)CC2)n1. The molecule has 0 spiro atoms. The molecule has 6 heteroatoms. The van der Waals surface area contributed by atoms with Gasteiger partial charge in [0.1, 0.15) is 6.26 Å². The van der Waals surface area contributed by atoms with Gasteiger partial charge in [0.2, 0.25) is 0 Å². The van der Waals surface area contributed by atoms with Gasteiger partial charge in [-0.15, -0.1) is 0 Å². The van der Waals surface area contributed by atoms with Crippen LogP contribution in [0.5, 0.6) is 0 Å². The topological polar surface area (TPSA) is 58.8 Å². The summed E-state index contributed by atoms with van der Waals surface area (Å²) < 4.78 is 10.4. The van der Waals surface area contributed by atoms with Gasteiger partial charge in [-0.3, -0.25) is 4.90 Å². The predicted molar refractivity (Wildman–Crippen MR) is 91.1 cm³/mol. The molecule has 0 bridgehead atoms. The van der Waals surface area contributed by atoms with Crippen LogP contribution in [0.3, 0.4) is 0 Å². The molecule has 1 aliphatic heterocycles. The summed E-state index contributed by atoms with van der Waals surface area (Å²) in [6, 6.07) is 9.11. The second-order valence-corrected chi connectivity index (χ2v) is 5.99. The smallest absolute Gasteiger partial charge is 0.360 e. The maximum absolute atomic E-state index is 11.7. The number of aromatic nitrogens is 1. The summed E-state index contributed by atoms with van der Waals surface area (Å²) in [4.78, 5) is 20.4. The molecule has 24 heavy (non-hydrogen) atoms. The van der Waals surface area contributed by atoms with Crippen molar-refractivity contribution in [1.82, 2.24) is 9.88 Å². The second-order valence-electron chi connectivity index (χ2n) is 5.99. The zero-order valence-corrected chi connectivity index (χ0v) is 14.2. The maximum atomic E-state index is 11.7. The Labute approximate surface area is 142 Å². The Balaban J connectivity index is 1.54. The minimum atomic E-state index is -0.439. The number of esters is 1. The minimum Gasteiger partial charge on any atom is -0.461 e. The average molecular weight is 329 g/mol. The molecule has 3 rings (SSSR count). The summed E-state index contributed by atoms with van der Waals surface area (Å²) in [5, 5.41) is 0. The first-order chi connectivity index (χ1) is 11.7. The molecule has 1 aromatic heterocycles. The fourth-order valence-corrected chi connectivity index (χ4v) is 2.87. The molecule has 128 valence electrons. The van der Waals surface area contributed by atoms with Gasteiger partial charge in [0.15, 0.2) is 5.69 Å². The Morgan fingerprint density at radius 2 is 2.08 bits per heavy atom. The molecule has 0 saturated carbocycles. The Bertz CT molecular complexity index is 690. The molecule has 1 aliphatic rings. The van der Waals surface area contributed by atoms with Crippen molar-refractivity contribution in [3.63, 3.8) is 0 Å². The van der Waals surface area contributed by atoms with E-state index in [1.165, 1.54) is 17.4 Å². The van der Waals surface area contributed by atoms with Crippen molar-refractivity contribution in [1.29, 1.82) is 0 Å². The van der Waals surface area contributed by atoms with Crippen molar-refractivity contribution < 1.29 is 13.9 Å². The summed E-state index contributed by atoms with van der Waals surface area (Å²) in [7, 11) is 0. The van der Waals surface area contributed by atoms with E-state index in [1.807, 2.05) is 0 Å². The molecule has 2 heterocycles. The van der Waals surface area contributed by atoms with Gasteiger partial charge in [0.25, 0.3) is 6.01 Å². The molecule has 0 radical (unpaired) electrons. The van der Waals surface area contributed by atoms with E-state index in [0.717, 1.165) is 32.7 Å². The number of piperazine rings is 1. The van der Waals surface area contributed by atoms with Crippen LogP contribution in [0.4, 0.5) is 6.01 Å². The van der Waals surface area contributed by atoms with Gasteiger partial charge in [-0.25, -0.2) is 4.79 Å². The molecule has 0 N–H and O–H groups in total. The predicted octanol–water partition coefficient (Wildman–Crippen LogP) is 2.48. The first kappa shape index (κ1) is 16.5. The van der Waals surface area contributed by atoms with Gasteiger partial charge in [-0.1, -0.05) is 29.8 Å². The summed E-state index contributed by atoms with van der Waals surface area (Å²) in [5.41, 5.74) is 2.86. The zero-order chi connectivity index (χ0) is 16.9. The highest BCUT2D eigenvalue weighted by Gasteiger charge is 2.22. The lowest BCUT2D eigenvalue weighted by atomic mass is 10.1. The van der Waals surface area contributed by atoms with Gasteiger partial charge in [-0.2, -0.15) is 4.98 Å². The first-order valence-corrected chi connectivity index (χ1v) is 8.31. The number of oxazole rings is 1. The number of carbonyl (C=O) groups is 1. The van der Waals surface area contributed by atoms with Crippen molar-refractivity contribution in [3.8, 4) is 0 Å². The van der Waals surface area contributed by atoms with Crippen LogP contribution in [-0.2, 0) is 11.3 Å². The van der Waals surface area contributed by atoms with Crippen molar-refractivity contribution in [2.75, 3.05) is 37.7 Å². The average Bonchev–Trinajstić information content (AvgIpc) is 3.06. The third-order valence-electron chi connectivity index (χ3n) is 4.11. The molecule has 0 atom stereocenters. The Morgan fingerprint density at radius 1 is 1.29 bits per heavy atom. The van der Waals surface area contributed by atoms with Gasteiger partial charge in [-0.05, 0) is 19.4 Å². The molecular formula is C18H23N3O3. The molecule has 1 aromatic carbocycles. The molecule has 1 fully saturated rings. The third kappa shape index (κ3) is 3.94. The number of carbonyl (C=O) groups excluding carboxylic acids is 1. The summed E-state index contributed by atoms with van der Waals surface area (Å²) in [6.45, 7) is 8.70. The number of ether oxygens (including phenoxy) is 1. The monoisotopic (exact) mass is 329 g/mol. The zero-order valence-electron chi connectivity index (χ0n) is 14.2. The van der Waals surface area contributed by atoms with Crippen LogP contribution in [0.2, 0.25) is 0 Å². The van der Waals surface area contributed by atoms with Crippen LogP contribution in [0.15, 0.2) is 34.9 Å². The molecule has 0 unspecified atom stereocenters. The first-order valence-electron chi connectivity index (χ1n) is 8.31. The standard InChI is InChI=1S/C18H23N3O3/c1-3-23-17(22)16-13-24-18(19-16)21-9-7-20(8-10-21)12-15-6-4-5-14(2)11-15/h4-6,11,13H,3,7-10,12H2,1-2H3. The van der Waals surface area contributed by atoms with E-state index in [-0.39, 0.29) is 5.69 Å². The number of benzene rings is 1. The molecule has 1 saturated heterocycles. The number of nitrogens with zero attached hydrogens (tertiary/aromatic N) is 3. The molecule has 6 nitrogen and oxygen atoms in total. The fraction of sp³-hybridized carbons (Fsp3) is 0.444. The number of rotatable bonds is 5. The van der Waals surface area contributed by atoms with Crippen molar-refractivity contribution in [2.24, 2.45) is 0 Å². The number of aryl methyl sites for hydroxylation is 1. The summed E-state index contributed by atoms with van der Waals surface area (Å²) >= 11 is 0. The lowest BCUT2D eigenvalue weighted by Gasteiger charge is -2.33. The van der Waals surface area contributed by atoms with E-state index >= 15 is 0 Å². The van der Waals surface area contributed by atoms with E-state index in [2.05, 4.69) is 46.0 Å². The van der Waals surface area contributed by atoms with Gasteiger partial charge in [0, 0.05) is 32.7 Å². The van der Waals surface area contributed by atoms with Crippen LogP contribution in [-0.4, -0.2) is 48.6 Å². The molecular weight excluding hydrogens is 306 g/mol. The van der Waals surface area contributed by atoms with Crippen LogP contribution in [0.25, 0.3) is 0 Å². The van der Waals surface area contributed by atoms with Crippen LogP contribution < -0.4 is 4.90 Å². The van der Waals surface area contributed by atoms with Gasteiger partial charge < -0.3 is 14.1 Å². The van der Waals surface area contributed by atoms with Crippen LogP contribution in [0, 0.1) is 6.92 Å². The number of anilines is 1. The summed E-state index contributed by atoms with van der Waals surface area (Å²) in [5.74, 6) is -0.439. The van der Waals surface area contributed by atoms with Gasteiger partial charge >= 0.3 is 5.97 Å². The van der Waals surface area contributed by atoms with Crippen molar-refractivity contribution >= 4 is 12.0 Å². The van der Waals surface area contributed by atoms with Crippen molar-refractivity contribution in [2.45, 2.75) is 20.4 Å². The maximum Gasteiger partial charge on any atom is 0.360 e. The Morgan fingerprint density at radius 3 is 2.79 bits per heavy atom. The van der Waals surface area contributed by atoms with Crippen LogP contribution in [0.1, 0.15) is 28.5 Å². The fourth-order valence-electron chi connectivity index (χ4n) is 2.87. The van der Waals surface area contributed by atoms with E-state index in [4.69, 9.17) is 9.15 Å². The van der Waals surface area contributed by atoms with E-state index in [0.29, 0.717) is 12.6 Å². The van der Waals surface area contributed by atoms with E-state index < -0.39 is 5.97 Å². The molecule has 0 amide bonds.